The van der Waals surface area contributed by atoms with Crippen molar-refractivity contribution in [1.82, 2.24) is 9.97 Å². The highest BCUT2D eigenvalue weighted by molar-refractivity contribution is 5.83. The number of hydrogen-bond acceptors (Lipinski definition) is 5. The predicted octanol–water partition coefficient (Wildman–Crippen LogP) is 4.51. The van der Waals surface area contributed by atoms with Crippen LogP contribution in [-0.4, -0.2) is 27.7 Å². The number of para-hydroxylation sites is 2. The van der Waals surface area contributed by atoms with Gasteiger partial charge in [-0.1, -0.05) is 12.1 Å². The van der Waals surface area contributed by atoms with Crippen molar-refractivity contribution >= 4 is 22.6 Å². The van der Waals surface area contributed by atoms with Crippen molar-refractivity contribution < 1.29 is 14.6 Å². The van der Waals surface area contributed by atoms with Crippen LogP contribution in [0.3, 0.4) is 0 Å². The van der Waals surface area contributed by atoms with E-state index in [4.69, 9.17) is 4.74 Å². The number of ether oxygens (including phenoxy) is 1. The van der Waals surface area contributed by atoms with Crippen LogP contribution in [0.5, 0.6) is 0 Å². The number of allylic oxidation sites excluding steroid dienone is 1. The summed E-state index contributed by atoms with van der Waals surface area (Å²) in [4.78, 5) is 19.9. The van der Waals surface area contributed by atoms with E-state index in [1.54, 1.807) is 0 Å². The number of nitriles is 1. The maximum Gasteiger partial charge on any atom is 0.306 e. The van der Waals surface area contributed by atoms with Crippen LogP contribution in [0.2, 0.25) is 0 Å². The van der Waals surface area contributed by atoms with E-state index in [9.17, 15) is 15.2 Å². The molecule has 29 heavy (non-hydrogen) atoms. The Morgan fingerprint density at radius 3 is 2.48 bits per heavy atom. The van der Waals surface area contributed by atoms with Crippen molar-refractivity contribution in [3.05, 3.63) is 35.8 Å². The summed E-state index contributed by atoms with van der Waals surface area (Å²) >= 11 is 0. The third kappa shape index (κ3) is 3.39. The van der Waals surface area contributed by atoms with Crippen LogP contribution in [0.4, 0.5) is 0 Å². The molecule has 150 valence electrons. The second-order valence-electron chi connectivity index (χ2n) is 9.29. The first-order valence-electron chi connectivity index (χ1n) is 10.5. The summed E-state index contributed by atoms with van der Waals surface area (Å²) in [5.74, 6) is 2.07. The first kappa shape index (κ1) is 18.2. The molecule has 1 aromatic carbocycles. The fraction of sp³-hybridized carbons (Fsp3) is 0.522. The normalized spacial score (nSPS) is 30.8. The molecule has 0 spiro atoms. The summed E-state index contributed by atoms with van der Waals surface area (Å²) in [5.41, 5.74) is 1.59. The van der Waals surface area contributed by atoms with Gasteiger partial charge in [0, 0.05) is 0 Å². The lowest BCUT2D eigenvalue weighted by Gasteiger charge is -2.56. The first-order valence-corrected chi connectivity index (χ1v) is 10.5. The number of nitrogens with one attached hydrogen (secondary N) is 1. The van der Waals surface area contributed by atoms with Crippen LogP contribution in [0, 0.1) is 34.5 Å². The standard InChI is InChI=1S/C23H25N3O3/c24-12-17(22-25-18-3-1-2-4-19(18)26-22)20(27)13-29-21(28)11-23-8-14-5-15(9-23)7-16(6-14)10-23/h1-4,14-16,27H,5-11,13H2,(H,25,26)/b20-17-. The number of rotatable bonds is 5. The summed E-state index contributed by atoms with van der Waals surface area (Å²) in [5, 5.41) is 19.9. The van der Waals surface area contributed by atoms with Crippen LogP contribution >= 0.6 is 0 Å². The molecule has 1 aromatic heterocycles. The molecule has 4 fully saturated rings. The van der Waals surface area contributed by atoms with Gasteiger partial charge in [-0.2, -0.15) is 5.26 Å². The second-order valence-corrected chi connectivity index (χ2v) is 9.29. The van der Waals surface area contributed by atoms with Crippen molar-refractivity contribution in [2.45, 2.75) is 44.9 Å². The Balaban J connectivity index is 1.26. The summed E-state index contributed by atoms with van der Waals surface area (Å²) in [6.45, 7) is -0.300. The molecule has 0 saturated heterocycles. The Kier molecular flexibility index (Phi) is 4.34. The van der Waals surface area contributed by atoms with Crippen LogP contribution in [-0.2, 0) is 9.53 Å². The number of aromatic amines is 1. The monoisotopic (exact) mass is 391 g/mol. The number of carbonyl (C=O) groups excluding carboxylic acids is 1. The summed E-state index contributed by atoms with van der Waals surface area (Å²) in [6, 6.07) is 9.37. The fourth-order valence-corrected chi connectivity index (χ4v) is 6.41. The summed E-state index contributed by atoms with van der Waals surface area (Å²) in [6.07, 6.45) is 7.84. The van der Waals surface area contributed by atoms with Gasteiger partial charge in [-0.05, 0) is 73.8 Å². The largest absolute Gasteiger partial charge is 0.507 e. The van der Waals surface area contributed by atoms with Crippen LogP contribution in [0.1, 0.15) is 50.8 Å². The smallest absolute Gasteiger partial charge is 0.306 e. The van der Waals surface area contributed by atoms with E-state index >= 15 is 0 Å². The lowest BCUT2D eigenvalue weighted by molar-refractivity contribution is -0.151. The van der Waals surface area contributed by atoms with Gasteiger partial charge < -0.3 is 14.8 Å². The van der Waals surface area contributed by atoms with Gasteiger partial charge in [0.25, 0.3) is 0 Å². The number of hydrogen-bond donors (Lipinski definition) is 2. The molecule has 6 nitrogen and oxygen atoms in total. The highest BCUT2D eigenvalue weighted by Gasteiger charge is 2.51. The quantitative estimate of drug-likeness (QED) is 0.444. The summed E-state index contributed by atoms with van der Waals surface area (Å²) < 4.78 is 5.38. The molecule has 0 atom stereocenters. The SMILES string of the molecule is N#C/C(=C(/O)COC(=O)CC12CC3CC(CC(C3)C1)C2)c1nc2ccccc2[nH]1. The number of imidazole rings is 1. The molecular weight excluding hydrogens is 366 g/mol. The number of H-pyrrole nitrogens is 1. The maximum absolute atomic E-state index is 12.6. The van der Waals surface area contributed by atoms with Gasteiger partial charge in [-0.25, -0.2) is 4.98 Å². The molecule has 2 N–H and O–H groups in total. The number of aromatic nitrogens is 2. The number of nitrogens with zero attached hydrogens (tertiary/aromatic N) is 2. The second kappa shape index (κ2) is 6.91. The number of aliphatic hydroxyl groups is 1. The van der Waals surface area contributed by atoms with Crippen LogP contribution in [0.25, 0.3) is 16.6 Å². The molecule has 0 unspecified atom stereocenters. The van der Waals surface area contributed by atoms with Gasteiger partial charge >= 0.3 is 5.97 Å². The van der Waals surface area contributed by atoms with Crippen molar-refractivity contribution in [1.29, 1.82) is 5.26 Å². The van der Waals surface area contributed by atoms with E-state index in [1.165, 1.54) is 19.3 Å². The number of aliphatic hydroxyl groups excluding tert-OH is 1. The fourth-order valence-electron chi connectivity index (χ4n) is 6.41. The third-order valence-corrected chi connectivity index (χ3v) is 7.08. The van der Waals surface area contributed by atoms with E-state index < -0.39 is 0 Å². The zero-order valence-electron chi connectivity index (χ0n) is 16.4. The Morgan fingerprint density at radius 2 is 1.86 bits per heavy atom. The molecule has 1 heterocycles. The van der Waals surface area contributed by atoms with Gasteiger partial charge in [-0.3, -0.25) is 4.79 Å². The van der Waals surface area contributed by atoms with Crippen molar-refractivity contribution in [3.63, 3.8) is 0 Å². The van der Waals surface area contributed by atoms with E-state index in [0.29, 0.717) is 11.9 Å². The Morgan fingerprint density at radius 1 is 1.21 bits per heavy atom. The van der Waals surface area contributed by atoms with Gasteiger partial charge in [0.1, 0.15) is 18.2 Å². The Bertz CT molecular complexity index is 961. The first-order chi connectivity index (χ1) is 14.0. The zero-order chi connectivity index (χ0) is 20.0. The predicted molar refractivity (Wildman–Crippen MR) is 107 cm³/mol. The third-order valence-electron chi connectivity index (χ3n) is 7.08. The lowest BCUT2D eigenvalue weighted by atomic mass is 9.49. The Hall–Kier alpha value is -2.81. The average Bonchev–Trinajstić information content (AvgIpc) is 3.09. The average molecular weight is 391 g/mol. The number of benzene rings is 1. The molecule has 6 heteroatoms. The molecule has 4 aliphatic carbocycles. The van der Waals surface area contributed by atoms with E-state index in [-0.39, 0.29) is 35.1 Å². The molecule has 0 amide bonds. The van der Waals surface area contributed by atoms with E-state index in [2.05, 4.69) is 9.97 Å². The minimum absolute atomic E-state index is 0.00352. The molecule has 0 radical (unpaired) electrons. The molecule has 4 saturated carbocycles. The highest BCUT2D eigenvalue weighted by Crippen LogP contribution is 2.61. The van der Waals surface area contributed by atoms with E-state index in [1.807, 2.05) is 30.3 Å². The zero-order valence-corrected chi connectivity index (χ0v) is 16.4. The number of esters is 1. The van der Waals surface area contributed by atoms with Crippen LogP contribution < -0.4 is 0 Å². The van der Waals surface area contributed by atoms with Crippen molar-refractivity contribution in [3.8, 4) is 6.07 Å². The minimum Gasteiger partial charge on any atom is -0.507 e. The minimum atomic E-state index is -0.300. The van der Waals surface area contributed by atoms with Gasteiger partial charge in [0.15, 0.2) is 11.6 Å². The highest BCUT2D eigenvalue weighted by atomic mass is 16.5. The van der Waals surface area contributed by atoms with Gasteiger partial charge in [0.05, 0.1) is 17.5 Å². The van der Waals surface area contributed by atoms with Gasteiger partial charge in [0.2, 0.25) is 0 Å². The molecule has 0 aliphatic heterocycles. The van der Waals surface area contributed by atoms with Crippen molar-refractivity contribution in [2.24, 2.45) is 23.2 Å². The molecule has 4 bridgehead atoms. The lowest BCUT2D eigenvalue weighted by Crippen LogP contribution is -2.47. The Labute approximate surface area is 169 Å². The molecule has 6 rings (SSSR count). The maximum atomic E-state index is 12.6. The number of carbonyl (C=O) groups is 1. The van der Waals surface area contributed by atoms with Gasteiger partial charge in [-0.15, -0.1) is 0 Å². The molecular formula is C23H25N3O3. The summed E-state index contributed by atoms with van der Waals surface area (Å²) in [7, 11) is 0. The van der Waals surface area contributed by atoms with Crippen molar-refractivity contribution in [2.75, 3.05) is 6.61 Å². The van der Waals surface area contributed by atoms with Crippen LogP contribution in [0.15, 0.2) is 30.0 Å². The van der Waals surface area contributed by atoms with E-state index in [0.717, 1.165) is 42.5 Å². The number of fused-ring (bicyclic) bond motifs is 1. The molecule has 4 aliphatic rings. The topological polar surface area (TPSA) is 99.0 Å². The molecule has 2 aromatic rings.